The van der Waals surface area contributed by atoms with Gasteiger partial charge in [-0.2, -0.15) is 0 Å². The van der Waals surface area contributed by atoms with E-state index in [0.717, 1.165) is 18.6 Å². The van der Waals surface area contributed by atoms with Crippen LogP contribution in [0.25, 0.3) is 0 Å². The fourth-order valence-electron chi connectivity index (χ4n) is 2.31. The zero-order valence-corrected chi connectivity index (χ0v) is 11.4. The molecule has 0 radical (unpaired) electrons. The number of hydrogen-bond acceptors (Lipinski definition) is 3. The summed E-state index contributed by atoms with van der Waals surface area (Å²) in [5.74, 6) is -2.21. The van der Waals surface area contributed by atoms with Crippen LogP contribution in [0.2, 0.25) is 0 Å². The minimum absolute atomic E-state index is 0.00432. The molecule has 0 aromatic heterocycles. The van der Waals surface area contributed by atoms with Gasteiger partial charge in [-0.1, -0.05) is 0 Å². The van der Waals surface area contributed by atoms with Gasteiger partial charge in [0.05, 0.1) is 12.2 Å². The lowest BCUT2D eigenvalue weighted by atomic mass is 10.1. The molecule has 0 saturated carbocycles. The number of nitrogens with zero attached hydrogens (tertiary/aromatic N) is 1. The van der Waals surface area contributed by atoms with Crippen LogP contribution < -0.4 is 5.73 Å². The molecule has 6 heteroatoms. The highest BCUT2D eigenvalue weighted by molar-refractivity contribution is 5.99. The number of halogens is 2. The van der Waals surface area contributed by atoms with Gasteiger partial charge in [0.15, 0.2) is 11.6 Å². The van der Waals surface area contributed by atoms with Crippen LogP contribution >= 0.6 is 0 Å². The molecule has 1 unspecified atom stereocenters. The summed E-state index contributed by atoms with van der Waals surface area (Å²) in [4.78, 5) is 13.9. The van der Waals surface area contributed by atoms with E-state index in [0.29, 0.717) is 26.3 Å². The van der Waals surface area contributed by atoms with Crippen LogP contribution in [0, 0.1) is 17.6 Å². The first kappa shape index (κ1) is 14.7. The van der Waals surface area contributed by atoms with Crippen molar-refractivity contribution in [3.05, 3.63) is 29.3 Å². The maximum Gasteiger partial charge on any atom is 0.256 e. The summed E-state index contributed by atoms with van der Waals surface area (Å²) >= 11 is 0. The number of rotatable bonds is 4. The van der Waals surface area contributed by atoms with Crippen molar-refractivity contribution in [2.24, 2.45) is 5.92 Å². The number of nitrogens with two attached hydrogens (primary N) is 1. The molecule has 110 valence electrons. The van der Waals surface area contributed by atoms with Gasteiger partial charge in [0, 0.05) is 37.4 Å². The number of anilines is 1. The standard InChI is InChI=1S/C14H18F2N2O2/c1-2-18(7-9-3-4-20-8-9)14(19)10-5-11(15)12(16)6-13(10)17/h5-6,9H,2-4,7-8,17H2,1H3. The third-order valence-electron chi connectivity index (χ3n) is 3.49. The molecule has 1 aromatic rings. The summed E-state index contributed by atoms with van der Waals surface area (Å²) in [5.41, 5.74) is 5.57. The van der Waals surface area contributed by atoms with E-state index in [9.17, 15) is 13.6 Å². The van der Waals surface area contributed by atoms with Crippen LogP contribution in [0.15, 0.2) is 12.1 Å². The number of hydrogen-bond donors (Lipinski definition) is 1. The lowest BCUT2D eigenvalue weighted by Gasteiger charge is -2.24. The average molecular weight is 284 g/mol. The minimum atomic E-state index is -1.07. The Morgan fingerprint density at radius 1 is 1.45 bits per heavy atom. The molecule has 1 heterocycles. The largest absolute Gasteiger partial charge is 0.398 e. The Labute approximate surface area is 116 Å². The molecule has 1 fully saturated rings. The van der Waals surface area contributed by atoms with E-state index in [2.05, 4.69) is 0 Å². The summed E-state index contributed by atoms with van der Waals surface area (Å²) in [6.07, 6.45) is 0.900. The quantitative estimate of drug-likeness (QED) is 0.861. The van der Waals surface area contributed by atoms with Crippen molar-refractivity contribution in [1.82, 2.24) is 4.90 Å². The van der Waals surface area contributed by atoms with Crippen molar-refractivity contribution < 1.29 is 18.3 Å². The first-order valence-electron chi connectivity index (χ1n) is 6.64. The first-order chi connectivity index (χ1) is 9.52. The smallest absolute Gasteiger partial charge is 0.256 e. The average Bonchev–Trinajstić information content (AvgIpc) is 2.92. The van der Waals surface area contributed by atoms with Gasteiger partial charge in [0.1, 0.15) is 0 Å². The van der Waals surface area contributed by atoms with Crippen LogP contribution in [0.3, 0.4) is 0 Å². The third-order valence-corrected chi connectivity index (χ3v) is 3.49. The number of nitrogen functional groups attached to an aromatic ring is 1. The maximum absolute atomic E-state index is 13.3. The molecule has 0 aliphatic carbocycles. The van der Waals surface area contributed by atoms with E-state index < -0.39 is 11.6 Å². The SMILES string of the molecule is CCN(CC1CCOC1)C(=O)c1cc(F)c(F)cc1N. The van der Waals surface area contributed by atoms with Gasteiger partial charge in [-0.15, -0.1) is 0 Å². The van der Waals surface area contributed by atoms with Gasteiger partial charge in [-0.3, -0.25) is 4.79 Å². The molecule has 1 atom stereocenters. The Morgan fingerprint density at radius 2 is 2.15 bits per heavy atom. The Hall–Kier alpha value is -1.69. The van der Waals surface area contributed by atoms with Gasteiger partial charge < -0.3 is 15.4 Å². The Kier molecular flexibility index (Phi) is 4.54. The number of carbonyl (C=O) groups is 1. The lowest BCUT2D eigenvalue weighted by Crippen LogP contribution is -2.36. The van der Waals surface area contributed by atoms with E-state index in [1.807, 2.05) is 6.92 Å². The fraction of sp³-hybridized carbons (Fsp3) is 0.500. The highest BCUT2D eigenvalue weighted by Crippen LogP contribution is 2.21. The second kappa shape index (κ2) is 6.17. The normalized spacial score (nSPS) is 18.2. The zero-order chi connectivity index (χ0) is 14.7. The number of carbonyl (C=O) groups excluding carboxylic acids is 1. The first-order valence-corrected chi connectivity index (χ1v) is 6.64. The van der Waals surface area contributed by atoms with Gasteiger partial charge in [-0.25, -0.2) is 8.78 Å². The summed E-state index contributed by atoms with van der Waals surface area (Å²) in [6.45, 7) is 4.17. The van der Waals surface area contributed by atoms with Crippen LogP contribution in [-0.4, -0.2) is 37.1 Å². The second-order valence-electron chi connectivity index (χ2n) is 4.93. The molecule has 0 spiro atoms. The van der Waals surface area contributed by atoms with Crippen molar-refractivity contribution in [3.8, 4) is 0 Å². The third kappa shape index (κ3) is 3.07. The van der Waals surface area contributed by atoms with E-state index in [1.54, 1.807) is 4.90 Å². The molecule has 1 aliphatic heterocycles. The van der Waals surface area contributed by atoms with Crippen molar-refractivity contribution in [1.29, 1.82) is 0 Å². The molecule has 1 saturated heterocycles. The Balaban J connectivity index is 2.17. The molecule has 2 rings (SSSR count). The molecule has 1 aromatic carbocycles. The van der Waals surface area contributed by atoms with E-state index in [4.69, 9.17) is 10.5 Å². The molecule has 2 N–H and O–H groups in total. The van der Waals surface area contributed by atoms with E-state index in [-0.39, 0.29) is 23.1 Å². The van der Waals surface area contributed by atoms with Crippen molar-refractivity contribution in [3.63, 3.8) is 0 Å². The van der Waals surface area contributed by atoms with Gasteiger partial charge in [-0.05, 0) is 19.4 Å². The highest BCUT2D eigenvalue weighted by Gasteiger charge is 2.24. The van der Waals surface area contributed by atoms with Crippen LogP contribution in [-0.2, 0) is 4.74 Å². The molecule has 1 aliphatic rings. The molecular weight excluding hydrogens is 266 g/mol. The Morgan fingerprint density at radius 3 is 2.75 bits per heavy atom. The second-order valence-corrected chi connectivity index (χ2v) is 4.93. The summed E-state index contributed by atoms with van der Waals surface area (Å²) < 4.78 is 31.6. The monoisotopic (exact) mass is 284 g/mol. The molecular formula is C14H18F2N2O2. The van der Waals surface area contributed by atoms with Crippen molar-refractivity contribution in [2.75, 3.05) is 32.0 Å². The molecule has 20 heavy (non-hydrogen) atoms. The van der Waals surface area contributed by atoms with E-state index >= 15 is 0 Å². The minimum Gasteiger partial charge on any atom is -0.398 e. The molecule has 0 bridgehead atoms. The predicted molar refractivity (Wildman–Crippen MR) is 71.3 cm³/mol. The van der Waals surface area contributed by atoms with Gasteiger partial charge >= 0.3 is 0 Å². The number of ether oxygens (including phenoxy) is 1. The topological polar surface area (TPSA) is 55.6 Å². The predicted octanol–water partition coefficient (Wildman–Crippen LogP) is 2.05. The van der Waals surface area contributed by atoms with Crippen molar-refractivity contribution >= 4 is 11.6 Å². The fourth-order valence-corrected chi connectivity index (χ4v) is 2.31. The number of amides is 1. The summed E-state index contributed by atoms with van der Waals surface area (Å²) in [7, 11) is 0. The van der Waals surface area contributed by atoms with Crippen molar-refractivity contribution in [2.45, 2.75) is 13.3 Å². The number of benzene rings is 1. The lowest BCUT2D eigenvalue weighted by molar-refractivity contribution is 0.0731. The Bertz CT molecular complexity index is 502. The van der Waals surface area contributed by atoms with Crippen LogP contribution in [0.4, 0.5) is 14.5 Å². The van der Waals surface area contributed by atoms with Crippen LogP contribution in [0.5, 0.6) is 0 Å². The zero-order valence-electron chi connectivity index (χ0n) is 11.4. The van der Waals surface area contributed by atoms with Gasteiger partial charge in [0.25, 0.3) is 5.91 Å². The summed E-state index contributed by atoms with van der Waals surface area (Å²) in [5, 5.41) is 0. The van der Waals surface area contributed by atoms with Gasteiger partial charge in [0.2, 0.25) is 0 Å². The van der Waals surface area contributed by atoms with E-state index in [1.165, 1.54) is 0 Å². The van der Waals surface area contributed by atoms with Crippen LogP contribution in [0.1, 0.15) is 23.7 Å². The maximum atomic E-state index is 13.3. The summed E-state index contributed by atoms with van der Waals surface area (Å²) in [6, 6.07) is 1.70. The molecule has 4 nitrogen and oxygen atoms in total. The molecule has 1 amide bonds. The highest BCUT2D eigenvalue weighted by atomic mass is 19.2.